The van der Waals surface area contributed by atoms with Crippen molar-refractivity contribution in [2.75, 3.05) is 0 Å². The normalized spacial score (nSPS) is 10.7. The molecule has 0 saturated heterocycles. The fraction of sp³-hybridized carbons (Fsp3) is 0.278. The van der Waals surface area contributed by atoms with E-state index in [-0.39, 0.29) is 5.97 Å². The predicted octanol–water partition coefficient (Wildman–Crippen LogP) is 4.65. The van der Waals surface area contributed by atoms with E-state index in [9.17, 15) is 4.79 Å². The largest absolute Gasteiger partial charge is 0.423 e. The first-order chi connectivity index (χ1) is 9.47. The first kappa shape index (κ1) is 14.3. The molecule has 0 N–H and O–H groups in total. The van der Waals surface area contributed by atoms with Crippen LogP contribution in [0, 0.1) is 13.8 Å². The average Bonchev–Trinajstić information content (AvgIpc) is 2.39. The van der Waals surface area contributed by atoms with Crippen LogP contribution in [0.3, 0.4) is 0 Å². The number of carbonyl (C=O) groups is 1. The molecule has 2 heteroatoms. The van der Waals surface area contributed by atoms with Gasteiger partial charge in [0, 0.05) is 0 Å². The molecule has 0 amide bonds. The van der Waals surface area contributed by atoms with Crippen molar-refractivity contribution in [2.45, 2.75) is 33.6 Å². The molecular formula is C18H20O2. The molecule has 2 nitrogen and oxygen atoms in total. The van der Waals surface area contributed by atoms with Crippen LogP contribution in [0.2, 0.25) is 0 Å². The summed E-state index contributed by atoms with van der Waals surface area (Å²) >= 11 is 0. The van der Waals surface area contributed by atoms with E-state index in [1.807, 2.05) is 44.2 Å². The minimum Gasteiger partial charge on any atom is -0.423 e. The highest BCUT2D eigenvalue weighted by atomic mass is 16.5. The van der Waals surface area contributed by atoms with Crippen LogP contribution in [0.4, 0.5) is 0 Å². The molecule has 0 aliphatic carbocycles. The van der Waals surface area contributed by atoms with Crippen LogP contribution >= 0.6 is 0 Å². The lowest BCUT2D eigenvalue weighted by atomic mass is 10.0. The Morgan fingerprint density at radius 2 is 1.55 bits per heavy atom. The molecule has 2 aromatic rings. The van der Waals surface area contributed by atoms with E-state index in [4.69, 9.17) is 4.74 Å². The van der Waals surface area contributed by atoms with E-state index in [1.165, 1.54) is 0 Å². The average molecular weight is 268 g/mol. The van der Waals surface area contributed by atoms with E-state index >= 15 is 0 Å². The van der Waals surface area contributed by atoms with Gasteiger partial charge in [-0.3, -0.25) is 0 Å². The molecule has 0 unspecified atom stereocenters. The van der Waals surface area contributed by atoms with Crippen LogP contribution in [0.25, 0.3) is 0 Å². The lowest BCUT2D eigenvalue weighted by molar-refractivity contribution is 0.0733. The van der Waals surface area contributed by atoms with Crippen molar-refractivity contribution in [3.8, 4) is 5.75 Å². The molecule has 0 fully saturated rings. The molecule has 2 rings (SSSR count). The van der Waals surface area contributed by atoms with Crippen molar-refractivity contribution < 1.29 is 9.53 Å². The molecule has 2 aromatic carbocycles. The minimum absolute atomic E-state index is 0.308. The maximum atomic E-state index is 12.2. The van der Waals surface area contributed by atoms with Crippen molar-refractivity contribution in [3.63, 3.8) is 0 Å². The molecule has 0 spiro atoms. The molecule has 0 aromatic heterocycles. The zero-order valence-electron chi connectivity index (χ0n) is 12.4. The van der Waals surface area contributed by atoms with Crippen molar-refractivity contribution in [1.82, 2.24) is 0 Å². The quantitative estimate of drug-likeness (QED) is 0.598. The summed E-state index contributed by atoms with van der Waals surface area (Å²) in [6, 6.07) is 13.4. The summed E-state index contributed by atoms with van der Waals surface area (Å²) in [5, 5.41) is 0. The van der Waals surface area contributed by atoms with Gasteiger partial charge in [-0.1, -0.05) is 43.7 Å². The Hall–Kier alpha value is -2.09. The monoisotopic (exact) mass is 268 g/mol. The van der Waals surface area contributed by atoms with Crippen LogP contribution in [-0.4, -0.2) is 5.97 Å². The maximum absolute atomic E-state index is 12.2. The Bertz CT molecular complexity index is 610. The number of aryl methyl sites for hydroxylation is 2. The SMILES string of the molecule is Cc1ccc(C(=O)Oc2cc(C)ccc2C(C)C)cc1. The fourth-order valence-corrected chi connectivity index (χ4v) is 2.06. The summed E-state index contributed by atoms with van der Waals surface area (Å²) < 4.78 is 5.57. The van der Waals surface area contributed by atoms with Crippen LogP contribution in [-0.2, 0) is 0 Å². The van der Waals surface area contributed by atoms with E-state index in [0.717, 1.165) is 16.7 Å². The Labute approximate surface area is 120 Å². The van der Waals surface area contributed by atoms with Gasteiger partial charge in [-0.15, -0.1) is 0 Å². The Kier molecular flexibility index (Phi) is 4.23. The number of hydrogen-bond acceptors (Lipinski definition) is 2. The second kappa shape index (κ2) is 5.91. The van der Waals surface area contributed by atoms with Crippen LogP contribution < -0.4 is 4.74 Å². The van der Waals surface area contributed by atoms with Crippen molar-refractivity contribution in [3.05, 3.63) is 64.7 Å². The zero-order chi connectivity index (χ0) is 14.7. The maximum Gasteiger partial charge on any atom is 0.343 e. The number of rotatable bonds is 3. The second-order valence-electron chi connectivity index (χ2n) is 5.45. The van der Waals surface area contributed by atoms with Gasteiger partial charge in [-0.25, -0.2) is 4.79 Å². The van der Waals surface area contributed by atoms with Crippen LogP contribution in [0.15, 0.2) is 42.5 Å². The molecule has 0 bridgehead atoms. The van der Waals surface area contributed by atoms with E-state index in [2.05, 4.69) is 13.8 Å². The third-order valence-corrected chi connectivity index (χ3v) is 3.28. The first-order valence-electron chi connectivity index (χ1n) is 6.87. The van der Waals surface area contributed by atoms with Gasteiger partial charge < -0.3 is 4.74 Å². The Balaban J connectivity index is 2.27. The van der Waals surface area contributed by atoms with E-state index < -0.39 is 0 Å². The lowest BCUT2D eigenvalue weighted by Crippen LogP contribution is -2.10. The van der Waals surface area contributed by atoms with Gasteiger partial charge in [0.15, 0.2) is 0 Å². The minimum atomic E-state index is -0.308. The number of ether oxygens (including phenoxy) is 1. The molecule has 20 heavy (non-hydrogen) atoms. The standard InChI is InChI=1S/C18H20O2/c1-12(2)16-10-7-14(4)11-17(16)20-18(19)15-8-5-13(3)6-9-15/h5-12H,1-4H3. The summed E-state index contributed by atoms with van der Waals surface area (Å²) in [5.74, 6) is 0.666. The van der Waals surface area contributed by atoms with E-state index in [1.54, 1.807) is 12.1 Å². The summed E-state index contributed by atoms with van der Waals surface area (Å²) in [4.78, 5) is 12.2. The topological polar surface area (TPSA) is 26.3 Å². The van der Waals surface area contributed by atoms with E-state index in [0.29, 0.717) is 17.2 Å². The summed E-state index contributed by atoms with van der Waals surface area (Å²) in [7, 11) is 0. The Morgan fingerprint density at radius 1 is 0.950 bits per heavy atom. The summed E-state index contributed by atoms with van der Waals surface area (Å²) in [6.45, 7) is 8.17. The van der Waals surface area contributed by atoms with Crippen molar-refractivity contribution in [2.24, 2.45) is 0 Å². The Morgan fingerprint density at radius 3 is 2.15 bits per heavy atom. The third-order valence-electron chi connectivity index (χ3n) is 3.28. The predicted molar refractivity (Wildman–Crippen MR) is 81.4 cm³/mol. The lowest BCUT2D eigenvalue weighted by Gasteiger charge is -2.13. The molecule has 0 saturated carbocycles. The second-order valence-corrected chi connectivity index (χ2v) is 5.45. The number of esters is 1. The summed E-state index contributed by atoms with van der Waals surface area (Å²) in [6.07, 6.45) is 0. The molecule has 0 atom stereocenters. The molecule has 0 aliphatic rings. The fourth-order valence-electron chi connectivity index (χ4n) is 2.06. The van der Waals surface area contributed by atoms with Gasteiger partial charge in [0.25, 0.3) is 0 Å². The van der Waals surface area contributed by atoms with Gasteiger partial charge in [0.2, 0.25) is 0 Å². The van der Waals surface area contributed by atoms with Crippen molar-refractivity contribution >= 4 is 5.97 Å². The number of benzene rings is 2. The molecule has 104 valence electrons. The molecule has 0 aliphatic heterocycles. The van der Waals surface area contributed by atoms with Crippen LogP contribution in [0.1, 0.15) is 46.8 Å². The van der Waals surface area contributed by atoms with Gasteiger partial charge >= 0.3 is 5.97 Å². The smallest absolute Gasteiger partial charge is 0.343 e. The zero-order valence-corrected chi connectivity index (χ0v) is 12.4. The number of carbonyl (C=O) groups excluding carboxylic acids is 1. The number of hydrogen-bond donors (Lipinski definition) is 0. The highest BCUT2D eigenvalue weighted by Gasteiger charge is 2.13. The van der Waals surface area contributed by atoms with Crippen LogP contribution in [0.5, 0.6) is 5.75 Å². The van der Waals surface area contributed by atoms with Crippen molar-refractivity contribution in [1.29, 1.82) is 0 Å². The van der Waals surface area contributed by atoms with Gasteiger partial charge in [-0.05, 0) is 49.1 Å². The van der Waals surface area contributed by atoms with Gasteiger partial charge in [0.05, 0.1) is 5.56 Å². The highest BCUT2D eigenvalue weighted by molar-refractivity contribution is 5.91. The highest BCUT2D eigenvalue weighted by Crippen LogP contribution is 2.28. The third kappa shape index (κ3) is 3.27. The molecular weight excluding hydrogens is 248 g/mol. The molecule has 0 heterocycles. The summed E-state index contributed by atoms with van der Waals surface area (Å²) in [5.41, 5.74) is 3.84. The molecule has 0 radical (unpaired) electrons. The first-order valence-corrected chi connectivity index (χ1v) is 6.87. The van der Waals surface area contributed by atoms with Gasteiger partial charge in [0.1, 0.15) is 5.75 Å². The van der Waals surface area contributed by atoms with Gasteiger partial charge in [-0.2, -0.15) is 0 Å².